The number of hydrogen-bond donors (Lipinski definition) is 0. The minimum Gasteiger partial charge on any atom is -0.376 e. The Kier molecular flexibility index (Phi) is 16.4. The van der Waals surface area contributed by atoms with E-state index >= 15 is 0 Å². The lowest BCUT2D eigenvalue weighted by Crippen LogP contribution is -2.68. The third-order valence-electron chi connectivity index (χ3n) is 10.4. The van der Waals surface area contributed by atoms with Gasteiger partial charge in [0, 0.05) is 28.4 Å². The molecule has 0 spiro atoms. The van der Waals surface area contributed by atoms with Crippen molar-refractivity contribution in [2.45, 2.75) is 87.3 Å². The van der Waals surface area contributed by atoms with E-state index in [9.17, 15) is 0 Å². The van der Waals surface area contributed by atoms with Crippen LogP contribution >= 0.6 is 0 Å². The number of benzene rings is 4. The minimum atomic E-state index is -1.59. The monoisotopic (exact) mass is 784 g/mol. The van der Waals surface area contributed by atoms with Crippen molar-refractivity contribution in [1.82, 2.24) is 0 Å². The summed E-state index contributed by atoms with van der Waals surface area (Å²) in [5.41, 5.74) is 3.96. The lowest BCUT2D eigenvalue weighted by Gasteiger charge is -2.52. The first-order valence-corrected chi connectivity index (χ1v) is 19.3. The summed E-state index contributed by atoms with van der Waals surface area (Å²) in [6.07, 6.45) is -4.46. The van der Waals surface area contributed by atoms with Crippen LogP contribution in [0, 0.1) is 0 Å². The Balaban J connectivity index is 1.37. The van der Waals surface area contributed by atoms with Crippen LogP contribution in [0.2, 0.25) is 0 Å². The van der Waals surface area contributed by atoms with Crippen LogP contribution in [0.3, 0.4) is 0 Å². The number of methoxy groups -OCH3 is 4. The van der Waals surface area contributed by atoms with E-state index in [1.54, 1.807) is 34.5 Å². The highest BCUT2D eigenvalue weighted by atomic mass is 16.8. The molecule has 0 bridgehead atoms. The maximum atomic E-state index is 7.08. The Morgan fingerprint density at radius 1 is 0.509 bits per heavy atom. The quantitative estimate of drug-likeness (QED) is 0.0847. The van der Waals surface area contributed by atoms with E-state index in [2.05, 4.69) is 6.58 Å². The predicted molar refractivity (Wildman–Crippen MR) is 213 cm³/mol. The molecular formula is C46H56O11. The first-order valence-electron chi connectivity index (χ1n) is 19.3. The molecule has 0 aromatic heterocycles. The van der Waals surface area contributed by atoms with E-state index in [1.807, 2.05) is 121 Å². The fourth-order valence-corrected chi connectivity index (χ4v) is 7.42. The molecule has 2 saturated heterocycles. The molecule has 2 heterocycles. The van der Waals surface area contributed by atoms with Crippen LogP contribution < -0.4 is 0 Å². The normalized spacial score (nSPS) is 28.9. The second kappa shape index (κ2) is 21.8. The molecule has 0 radical (unpaired) electrons. The van der Waals surface area contributed by atoms with Crippen LogP contribution in [-0.4, -0.2) is 103 Å². The Morgan fingerprint density at radius 3 is 1.46 bits per heavy atom. The average molecular weight is 785 g/mol. The van der Waals surface area contributed by atoms with Gasteiger partial charge in [0.05, 0.1) is 39.6 Å². The molecule has 11 heteroatoms. The topological polar surface area (TPSA) is 102 Å². The molecule has 4 unspecified atom stereocenters. The van der Waals surface area contributed by atoms with Gasteiger partial charge in [-0.05, 0) is 28.3 Å². The molecule has 0 N–H and O–H groups in total. The van der Waals surface area contributed by atoms with Gasteiger partial charge in [0.1, 0.15) is 48.8 Å². The lowest BCUT2D eigenvalue weighted by molar-refractivity contribution is -0.375. The van der Waals surface area contributed by atoms with Gasteiger partial charge in [-0.3, -0.25) is 0 Å². The summed E-state index contributed by atoms with van der Waals surface area (Å²) >= 11 is 0. The van der Waals surface area contributed by atoms with Crippen molar-refractivity contribution in [1.29, 1.82) is 0 Å². The fourth-order valence-electron chi connectivity index (χ4n) is 7.42. The van der Waals surface area contributed by atoms with Gasteiger partial charge in [-0.15, -0.1) is 0 Å². The van der Waals surface area contributed by atoms with Gasteiger partial charge in [-0.1, -0.05) is 128 Å². The molecule has 4 aromatic carbocycles. The summed E-state index contributed by atoms with van der Waals surface area (Å²) in [5.74, 6) is -1.59. The zero-order chi connectivity index (χ0) is 39.9. The smallest absolute Gasteiger partial charge is 0.217 e. The molecule has 0 aliphatic carbocycles. The largest absolute Gasteiger partial charge is 0.376 e. The minimum absolute atomic E-state index is 0.0234. The van der Waals surface area contributed by atoms with Crippen LogP contribution in [0.4, 0.5) is 0 Å². The highest BCUT2D eigenvalue weighted by Crippen LogP contribution is 2.40. The van der Waals surface area contributed by atoms with Gasteiger partial charge < -0.3 is 52.1 Å². The molecule has 2 aliphatic rings. The van der Waals surface area contributed by atoms with E-state index in [0.29, 0.717) is 13.2 Å². The third kappa shape index (κ3) is 11.0. The SMILES string of the molecule is C=C[C@]1(OCC2O[C@H](OC)C(OC)[C@@H](OC)[C@@H]2OC)OC(COCc2ccccc2)[C@@H](OCc2ccccc2)[C@H](OCc2ccccc2)C1OCc1ccccc1. The van der Waals surface area contributed by atoms with Crippen molar-refractivity contribution >= 4 is 0 Å². The summed E-state index contributed by atoms with van der Waals surface area (Å²) < 4.78 is 70.7. The standard InChI is InChI=1S/C46H56O11/c1-6-46(55-32-37-39(47-2)41(48-3)43(49-4)45(50-5)56-37)44(54-30-36-25-17-10-18-26-36)42(53-29-35-23-15-9-16-24-35)40(52-28-34-21-13-8-14-22-34)38(57-46)31-51-27-33-19-11-7-12-20-33/h6-26,37-45H,1,27-32H2,2-5H3/t37?,38?,39-,40-,41+,42+,43?,44?,45+,46+/m1/s1. The van der Waals surface area contributed by atoms with E-state index < -0.39 is 60.9 Å². The molecule has 6 rings (SSSR count). The molecular weight excluding hydrogens is 728 g/mol. The van der Waals surface area contributed by atoms with Crippen LogP contribution in [-0.2, 0) is 78.5 Å². The van der Waals surface area contributed by atoms with Crippen molar-refractivity contribution < 1.29 is 52.1 Å². The maximum Gasteiger partial charge on any atom is 0.217 e. The molecule has 2 aliphatic heterocycles. The first kappa shape index (κ1) is 42.8. The Labute approximate surface area is 336 Å². The van der Waals surface area contributed by atoms with E-state index in [1.165, 1.54) is 0 Å². The van der Waals surface area contributed by atoms with Crippen LogP contribution in [0.25, 0.3) is 0 Å². The third-order valence-corrected chi connectivity index (χ3v) is 10.4. The van der Waals surface area contributed by atoms with Gasteiger partial charge in [0.15, 0.2) is 6.29 Å². The summed E-state index contributed by atoms with van der Waals surface area (Å²) in [6, 6.07) is 39.9. The van der Waals surface area contributed by atoms with Crippen molar-refractivity contribution in [3.63, 3.8) is 0 Å². The molecule has 0 saturated carbocycles. The van der Waals surface area contributed by atoms with Crippen LogP contribution in [0.15, 0.2) is 134 Å². The molecule has 2 fully saturated rings. The fraction of sp³-hybridized carbons (Fsp3) is 0.435. The molecule has 11 nitrogen and oxygen atoms in total. The zero-order valence-corrected chi connectivity index (χ0v) is 33.3. The van der Waals surface area contributed by atoms with Gasteiger partial charge in [0.2, 0.25) is 5.79 Å². The highest BCUT2D eigenvalue weighted by Gasteiger charge is 2.58. The van der Waals surface area contributed by atoms with Gasteiger partial charge in [0.25, 0.3) is 0 Å². The van der Waals surface area contributed by atoms with E-state index in [-0.39, 0.29) is 26.4 Å². The Hall–Kier alpha value is -3.82. The van der Waals surface area contributed by atoms with Crippen LogP contribution in [0.5, 0.6) is 0 Å². The molecule has 0 amide bonds. The second-order valence-corrected chi connectivity index (χ2v) is 14.0. The predicted octanol–water partition coefficient (Wildman–Crippen LogP) is 6.67. The van der Waals surface area contributed by atoms with Crippen molar-refractivity contribution in [3.8, 4) is 0 Å². The molecule has 57 heavy (non-hydrogen) atoms. The number of ether oxygens (including phenoxy) is 11. The van der Waals surface area contributed by atoms with Crippen LogP contribution in [0.1, 0.15) is 22.3 Å². The van der Waals surface area contributed by atoms with Crippen molar-refractivity contribution in [2.24, 2.45) is 0 Å². The van der Waals surface area contributed by atoms with Crippen molar-refractivity contribution in [3.05, 3.63) is 156 Å². The Bertz CT molecular complexity index is 1720. The van der Waals surface area contributed by atoms with E-state index in [4.69, 9.17) is 52.1 Å². The van der Waals surface area contributed by atoms with Gasteiger partial charge in [-0.25, -0.2) is 0 Å². The average Bonchev–Trinajstić information content (AvgIpc) is 3.27. The summed E-state index contributed by atoms with van der Waals surface area (Å²) in [4.78, 5) is 0. The highest BCUT2D eigenvalue weighted by molar-refractivity contribution is 5.18. The second-order valence-electron chi connectivity index (χ2n) is 14.0. The maximum absolute atomic E-state index is 7.08. The summed E-state index contributed by atoms with van der Waals surface area (Å²) in [6.45, 7) is 5.56. The summed E-state index contributed by atoms with van der Waals surface area (Å²) in [7, 11) is 6.34. The van der Waals surface area contributed by atoms with Crippen molar-refractivity contribution in [2.75, 3.05) is 41.7 Å². The van der Waals surface area contributed by atoms with E-state index in [0.717, 1.165) is 22.3 Å². The molecule has 306 valence electrons. The van der Waals surface area contributed by atoms with Gasteiger partial charge in [-0.2, -0.15) is 0 Å². The van der Waals surface area contributed by atoms with Gasteiger partial charge >= 0.3 is 0 Å². The summed E-state index contributed by atoms with van der Waals surface area (Å²) in [5, 5.41) is 0. The molecule has 4 aromatic rings. The first-order chi connectivity index (χ1) is 28.0. The molecule has 10 atom stereocenters. The number of rotatable bonds is 21. The Morgan fingerprint density at radius 2 is 0.982 bits per heavy atom. The lowest BCUT2D eigenvalue weighted by atomic mass is 9.91. The number of hydrogen-bond acceptors (Lipinski definition) is 11. The zero-order valence-electron chi connectivity index (χ0n) is 33.3.